The summed E-state index contributed by atoms with van der Waals surface area (Å²) in [6.45, 7) is 2.23. The smallest absolute Gasteiger partial charge is 0.334 e. The Morgan fingerprint density at radius 3 is 3.07 bits per heavy atom. The van der Waals surface area contributed by atoms with Crippen LogP contribution in [0.2, 0.25) is 0 Å². The van der Waals surface area contributed by atoms with Gasteiger partial charge < -0.3 is 9.84 Å². The summed E-state index contributed by atoms with van der Waals surface area (Å²) in [6, 6.07) is 0. The van der Waals surface area contributed by atoms with Gasteiger partial charge >= 0.3 is 5.97 Å². The SMILES string of the molecule is CCOC(=O)C1=C2CCCCC2C(O)C1. The van der Waals surface area contributed by atoms with Crippen molar-refractivity contribution < 1.29 is 14.6 Å². The Labute approximate surface area is 90.1 Å². The van der Waals surface area contributed by atoms with Gasteiger partial charge in [-0.3, -0.25) is 0 Å². The van der Waals surface area contributed by atoms with Crippen molar-refractivity contribution in [2.45, 2.75) is 45.1 Å². The Balaban J connectivity index is 2.18. The van der Waals surface area contributed by atoms with Gasteiger partial charge in [-0.15, -0.1) is 0 Å². The molecule has 0 bridgehead atoms. The van der Waals surface area contributed by atoms with Gasteiger partial charge in [-0.25, -0.2) is 4.79 Å². The quantitative estimate of drug-likeness (QED) is 0.707. The average molecular weight is 210 g/mol. The van der Waals surface area contributed by atoms with E-state index in [1.54, 1.807) is 0 Å². The van der Waals surface area contributed by atoms with Crippen molar-refractivity contribution >= 4 is 5.97 Å². The molecule has 0 aromatic carbocycles. The number of esters is 1. The first kappa shape index (κ1) is 10.7. The van der Waals surface area contributed by atoms with Crippen LogP contribution in [0.3, 0.4) is 0 Å². The number of fused-ring (bicyclic) bond motifs is 1. The van der Waals surface area contributed by atoms with Gasteiger partial charge in [0.15, 0.2) is 0 Å². The highest BCUT2D eigenvalue weighted by Crippen LogP contribution is 2.42. The Morgan fingerprint density at radius 2 is 2.33 bits per heavy atom. The van der Waals surface area contributed by atoms with Crippen molar-refractivity contribution in [3.8, 4) is 0 Å². The molecule has 2 unspecified atom stereocenters. The Bertz CT molecular complexity index is 293. The number of rotatable bonds is 2. The molecule has 84 valence electrons. The van der Waals surface area contributed by atoms with Crippen molar-refractivity contribution in [2.75, 3.05) is 6.61 Å². The van der Waals surface area contributed by atoms with E-state index in [-0.39, 0.29) is 18.0 Å². The van der Waals surface area contributed by atoms with Gasteiger partial charge in [0.2, 0.25) is 0 Å². The maximum Gasteiger partial charge on any atom is 0.334 e. The molecule has 1 fully saturated rings. The zero-order chi connectivity index (χ0) is 10.8. The van der Waals surface area contributed by atoms with E-state index in [0.29, 0.717) is 13.0 Å². The van der Waals surface area contributed by atoms with Gasteiger partial charge in [0.1, 0.15) is 0 Å². The second-order valence-electron chi connectivity index (χ2n) is 4.35. The minimum absolute atomic E-state index is 0.212. The molecule has 1 saturated carbocycles. The standard InChI is InChI=1S/C12H18O3/c1-2-15-12(14)10-7-11(13)9-6-4-3-5-8(9)10/h9,11,13H,2-7H2,1H3. The van der Waals surface area contributed by atoms with Crippen molar-refractivity contribution in [1.29, 1.82) is 0 Å². The topological polar surface area (TPSA) is 46.5 Å². The molecule has 2 aliphatic rings. The molecule has 0 aromatic heterocycles. The van der Waals surface area contributed by atoms with E-state index in [1.807, 2.05) is 6.92 Å². The molecular weight excluding hydrogens is 192 g/mol. The number of aliphatic hydroxyl groups is 1. The van der Waals surface area contributed by atoms with E-state index in [9.17, 15) is 9.90 Å². The van der Waals surface area contributed by atoms with Crippen LogP contribution in [0, 0.1) is 5.92 Å². The highest BCUT2D eigenvalue weighted by atomic mass is 16.5. The maximum atomic E-state index is 11.7. The van der Waals surface area contributed by atoms with E-state index < -0.39 is 0 Å². The van der Waals surface area contributed by atoms with Gasteiger partial charge in [-0.2, -0.15) is 0 Å². The van der Waals surface area contributed by atoms with Crippen molar-refractivity contribution in [1.82, 2.24) is 0 Å². The molecule has 0 heterocycles. The molecule has 3 heteroatoms. The number of aliphatic hydroxyl groups excluding tert-OH is 1. The third-order valence-electron chi connectivity index (χ3n) is 3.45. The minimum atomic E-state index is -0.347. The van der Waals surface area contributed by atoms with Gasteiger partial charge in [0, 0.05) is 17.9 Å². The molecule has 0 aliphatic heterocycles. The van der Waals surface area contributed by atoms with E-state index in [1.165, 1.54) is 12.0 Å². The summed E-state index contributed by atoms with van der Waals surface area (Å²) in [5.41, 5.74) is 1.93. The summed E-state index contributed by atoms with van der Waals surface area (Å²) >= 11 is 0. The second-order valence-corrected chi connectivity index (χ2v) is 4.35. The van der Waals surface area contributed by atoms with Crippen LogP contribution in [0.25, 0.3) is 0 Å². The van der Waals surface area contributed by atoms with Gasteiger partial charge in [-0.1, -0.05) is 12.0 Å². The summed E-state index contributed by atoms with van der Waals surface area (Å²) in [6.07, 6.45) is 4.45. The van der Waals surface area contributed by atoms with Gasteiger partial charge in [-0.05, 0) is 26.2 Å². The zero-order valence-electron chi connectivity index (χ0n) is 9.16. The summed E-state index contributed by atoms with van der Waals surface area (Å²) in [5.74, 6) is 0.0223. The average Bonchev–Trinajstić information content (AvgIpc) is 2.58. The van der Waals surface area contributed by atoms with Crippen LogP contribution in [-0.4, -0.2) is 23.8 Å². The number of hydrogen-bond donors (Lipinski definition) is 1. The van der Waals surface area contributed by atoms with Crippen molar-refractivity contribution in [2.24, 2.45) is 5.92 Å². The molecule has 0 aromatic rings. The Hall–Kier alpha value is -0.830. The lowest BCUT2D eigenvalue weighted by atomic mass is 9.84. The van der Waals surface area contributed by atoms with Crippen LogP contribution in [0.1, 0.15) is 39.0 Å². The van der Waals surface area contributed by atoms with E-state index in [4.69, 9.17) is 4.74 Å². The third-order valence-corrected chi connectivity index (χ3v) is 3.45. The largest absolute Gasteiger partial charge is 0.463 e. The predicted molar refractivity (Wildman–Crippen MR) is 56.2 cm³/mol. The van der Waals surface area contributed by atoms with Crippen LogP contribution in [-0.2, 0) is 9.53 Å². The Kier molecular flexibility index (Phi) is 3.10. The third kappa shape index (κ3) is 1.93. The summed E-state index contributed by atoms with van der Waals surface area (Å²) in [7, 11) is 0. The molecule has 0 amide bonds. The van der Waals surface area contributed by atoms with E-state index >= 15 is 0 Å². The minimum Gasteiger partial charge on any atom is -0.463 e. The number of carbonyl (C=O) groups is 1. The normalized spacial score (nSPS) is 30.3. The lowest BCUT2D eigenvalue weighted by Crippen LogP contribution is -2.18. The van der Waals surface area contributed by atoms with Gasteiger partial charge in [0.25, 0.3) is 0 Å². The predicted octanol–water partition coefficient (Wildman–Crippen LogP) is 1.80. The highest BCUT2D eigenvalue weighted by molar-refractivity contribution is 5.90. The lowest BCUT2D eigenvalue weighted by molar-refractivity contribution is -0.138. The van der Waals surface area contributed by atoms with Crippen LogP contribution >= 0.6 is 0 Å². The molecule has 0 radical (unpaired) electrons. The Morgan fingerprint density at radius 1 is 1.53 bits per heavy atom. The van der Waals surface area contributed by atoms with Crippen LogP contribution in [0.15, 0.2) is 11.1 Å². The number of carbonyl (C=O) groups excluding carboxylic acids is 1. The summed E-state index contributed by atoms with van der Waals surface area (Å²) in [4.78, 5) is 11.7. The number of hydrogen-bond acceptors (Lipinski definition) is 3. The van der Waals surface area contributed by atoms with Gasteiger partial charge in [0.05, 0.1) is 12.7 Å². The lowest BCUT2D eigenvalue weighted by Gasteiger charge is -2.23. The first-order chi connectivity index (χ1) is 7.24. The fraction of sp³-hybridized carbons (Fsp3) is 0.750. The zero-order valence-corrected chi connectivity index (χ0v) is 9.16. The highest BCUT2D eigenvalue weighted by Gasteiger charge is 2.37. The first-order valence-electron chi connectivity index (χ1n) is 5.81. The molecule has 0 spiro atoms. The van der Waals surface area contributed by atoms with Crippen LogP contribution in [0.5, 0.6) is 0 Å². The molecule has 15 heavy (non-hydrogen) atoms. The molecule has 1 N–H and O–H groups in total. The first-order valence-corrected chi connectivity index (χ1v) is 5.81. The summed E-state index contributed by atoms with van der Waals surface area (Å²) in [5, 5.41) is 9.86. The van der Waals surface area contributed by atoms with E-state index in [2.05, 4.69) is 0 Å². The molecule has 2 aliphatic carbocycles. The molecule has 2 rings (SSSR count). The second kappa shape index (κ2) is 4.35. The molecule has 2 atom stereocenters. The molecular formula is C12H18O3. The van der Waals surface area contributed by atoms with Crippen molar-refractivity contribution in [3.63, 3.8) is 0 Å². The van der Waals surface area contributed by atoms with Crippen LogP contribution < -0.4 is 0 Å². The fourth-order valence-corrected chi connectivity index (χ4v) is 2.75. The number of ether oxygens (including phenoxy) is 1. The van der Waals surface area contributed by atoms with Crippen molar-refractivity contribution in [3.05, 3.63) is 11.1 Å². The monoisotopic (exact) mass is 210 g/mol. The van der Waals surface area contributed by atoms with E-state index in [0.717, 1.165) is 24.8 Å². The molecule has 3 nitrogen and oxygen atoms in total. The summed E-state index contributed by atoms with van der Waals surface area (Å²) < 4.78 is 5.02. The fourth-order valence-electron chi connectivity index (χ4n) is 2.75. The maximum absolute atomic E-state index is 11.7. The molecule has 0 saturated heterocycles. The van der Waals surface area contributed by atoms with Crippen LogP contribution in [0.4, 0.5) is 0 Å².